The lowest BCUT2D eigenvalue weighted by atomic mass is 9.76. The lowest BCUT2D eigenvalue weighted by Gasteiger charge is -2.34. The van der Waals surface area contributed by atoms with Crippen LogP contribution in [0.1, 0.15) is 37.7 Å². The highest BCUT2D eigenvalue weighted by atomic mass is 16.4. The number of aromatic nitrogens is 1. The van der Waals surface area contributed by atoms with Gasteiger partial charge in [0.05, 0.1) is 16.8 Å². The summed E-state index contributed by atoms with van der Waals surface area (Å²) in [5.74, 6) is 0.439. The van der Waals surface area contributed by atoms with E-state index in [2.05, 4.69) is 22.0 Å². The quantitative estimate of drug-likeness (QED) is 0.489. The Hall–Kier alpha value is -2.47. The first-order valence-corrected chi connectivity index (χ1v) is 6.79. The maximum absolute atomic E-state index is 11.1. The number of hydrogen-bond acceptors (Lipinski definition) is 6. The molecule has 1 aromatic heterocycles. The number of rotatable bonds is 3. The van der Waals surface area contributed by atoms with Crippen LogP contribution in [0.3, 0.4) is 0 Å². The molecule has 0 aliphatic heterocycles. The van der Waals surface area contributed by atoms with Gasteiger partial charge in [0.25, 0.3) is 6.09 Å². The van der Waals surface area contributed by atoms with E-state index in [9.17, 15) is 9.90 Å². The average Bonchev–Trinajstić information content (AvgIpc) is 2.44. The van der Waals surface area contributed by atoms with Crippen molar-refractivity contribution in [3.63, 3.8) is 0 Å². The summed E-state index contributed by atoms with van der Waals surface area (Å²) in [4.78, 5) is 17.9. The van der Waals surface area contributed by atoms with Crippen LogP contribution in [0.5, 0.6) is 0 Å². The molecule has 1 aliphatic carbocycles. The fourth-order valence-electron chi connectivity index (χ4n) is 3.12. The Bertz CT molecular complexity index is 570. The Morgan fingerprint density at radius 2 is 2.33 bits per heavy atom. The molecule has 1 amide bonds. The van der Waals surface area contributed by atoms with E-state index >= 15 is 0 Å². The number of hydrogen-bond donors (Lipinski definition) is 2. The molecule has 0 saturated heterocycles. The number of pyridine rings is 1. The molecule has 2 rings (SSSR count). The van der Waals surface area contributed by atoms with E-state index in [4.69, 9.17) is 11.3 Å². The molecular formula is C13H18N6O2. The van der Waals surface area contributed by atoms with Crippen LogP contribution < -0.4 is 15.8 Å². The van der Waals surface area contributed by atoms with Crippen LogP contribution in [0.4, 0.5) is 10.5 Å². The van der Waals surface area contributed by atoms with Crippen molar-refractivity contribution in [1.82, 2.24) is 14.9 Å². The highest BCUT2D eigenvalue weighted by molar-refractivity contribution is 5.62. The van der Waals surface area contributed by atoms with Gasteiger partial charge in [0, 0.05) is 6.20 Å². The number of nitrogen functional groups attached to an aromatic ring is 1. The third-order valence-electron chi connectivity index (χ3n) is 3.92. The summed E-state index contributed by atoms with van der Waals surface area (Å²) in [6.45, 7) is 2.06. The summed E-state index contributed by atoms with van der Waals surface area (Å²) in [5, 5.41) is 15.3. The molecule has 21 heavy (non-hydrogen) atoms. The van der Waals surface area contributed by atoms with Crippen molar-refractivity contribution in [1.29, 1.82) is 5.53 Å². The molecule has 0 radical (unpaired) electrons. The zero-order chi connectivity index (χ0) is 15.4. The van der Waals surface area contributed by atoms with Crippen LogP contribution in [-0.2, 0) is 0 Å². The van der Waals surface area contributed by atoms with Gasteiger partial charge >= 0.3 is 0 Å². The molecule has 1 saturated carbocycles. The van der Waals surface area contributed by atoms with Crippen LogP contribution in [0, 0.1) is 11.4 Å². The summed E-state index contributed by atoms with van der Waals surface area (Å²) in [5.41, 5.74) is 14.3. The largest absolute Gasteiger partial charge is 0.509 e. The summed E-state index contributed by atoms with van der Waals surface area (Å²) >= 11 is 0. The zero-order valence-corrected chi connectivity index (χ0v) is 11.8. The van der Waals surface area contributed by atoms with Crippen molar-refractivity contribution in [3.05, 3.63) is 24.0 Å². The van der Waals surface area contributed by atoms with Gasteiger partial charge in [0.1, 0.15) is 6.04 Å². The van der Waals surface area contributed by atoms with Crippen LogP contribution in [0.2, 0.25) is 0 Å². The van der Waals surface area contributed by atoms with Gasteiger partial charge in [-0.1, -0.05) is 11.9 Å². The van der Waals surface area contributed by atoms with Gasteiger partial charge in [-0.05, 0) is 48.3 Å². The number of anilines is 1. The first-order chi connectivity index (χ1) is 10.0. The number of carboxylic acid groups (broad SMARTS) is 1. The Balaban J connectivity index is 2.25. The molecule has 1 aromatic rings. The smallest absolute Gasteiger partial charge is 0.266 e. The van der Waals surface area contributed by atoms with Gasteiger partial charge in [-0.2, -0.15) is 0 Å². The van der Waals surface area contributed by atoms with Gasteiger partial charge in [0.15, 0.2) is 0 Å². The zero-order valence-electron chi connectivity index (χ0n) is 11.8. The lowest BCUT2D eigenvalue weighted by Crippen LogP contribution is -2.46. The molecular weight excluding hydrogens is 272 g/mol. The van der Waals surface area contributed by atoms with E-state index in [1.807, 2.05) is 6.07 Å². The van der Waals surface area contributed by atoms with Crippen molar-refractivity contribution < 1.29 is 9.90 Å². The first-order valence-electron chi connectivity index (χ1n) is 6.79. The van der Waals surface area contributed by atoms with E-state index < -0.39 is 6.09 Å². The fourth-order valence-corrected chi connectivity index (χ4v) is 3.12. The van der Waals surface area contributed by atoms with Crippen molar-refractivity contribution >= 4 is 11.8 Å². The van der Waals surface area contributed by atoms with Crippen molar-refractivity contribution in [2.24, 2.45) is 11.1 Å². The molecule has 1 heterocycles. The van der Waals surface area contributed by atoms with Crippen LogP contribution in [-0.4, -0.2) is 22.1 Å². The van der Waals surface area contributed by atoms with Gasteiger partial charge in [0.2, 0.25) is 5.22 Å². The number of carbonyl (C=O) groups excluding carboxylic acids is 1. The fraction of sp³-hybridized carbons (Fsp3) is 0.538. The van der Waals surface area contributed by atoms with E-state index in [1.54, 1.807) is 12.4 Å². The van der Waals surface area contributed by atoms with Gasteiger partial charge in [-0.25, -0.2) is 0 Å². The molecule has 8 heteroatoms. The van der Waals surface area contributed by atoms with Crippen molar-refractivity contribution in [3.8, 4) is 0 Å². The third-order valence-corrected chi connectivity index (χ3v) is 3.92. The standard InChI is InChI=1S/C13H18N6O2/c1-8-4-9(11-2-3-16-7-12(11)14)6-10(5-8)19(13(20)21)18-17-15/h2-3,7-10,15H,4-6,14H2,1H3. The molecule has 3 N–H and O–H groups in total. The normalized spacial score (nSPS) is 24.9. The van der Waals surface area contributed by atoms with E-state index in [1.165, 1.54) is 0 Å². The molecule has 0 aromatic carbocycles. The molecule has 112 valence electrons. The summed E-state index contributed by atoms with van der Waals surface area (Å²) in [6, 6.07) is 1.51. The molecule has 0 bridgehead atoms. The first kappa shape index (κ1) is 14.9. The van der Waals surface area contributed by atoms with Crippen molar-refractivity contribution in [2.75, 3.05) is 5.73 Å². The van der Waals surface area contributed by atoms with E-state index in [0.29, 0.717) is 24.4 Å². The molecule has 1 fully saturated rings. The van der Waals surface area contributed by atoms with Gasteiger partial charge < -0.3 is 15.6 Å². The Kier molecular flexibility index (Phi) is 4.49. The SMILES string of the molecule is CC1CC(c2ccncc2N)CC(N(N=[N+]=N)C(=O)[O-])C1. The van der Waals surface area contributed by atoms with Crippen molar-refractivity contribution in [2.45, 2.75) is 38.1 Å². The van der Waals surface area contributed by atoms with Gasteiger partial charge in [-0.15, -0.1) is 0 Å². The minimum Gasteiger partial charge on any atom is -0.509 e. The van der Waals surface area contributed by atoms with Crippen LogP contribution in [0.15, 0.2) is 23.7 Å². The number of nitrogens with one attached hydrogen (secondary N) is 1. The second-order valence-corrected chi connectivity index (χ2v) is 5.47. The maximum atomic E-state index is 11.1. The molecule has 3 unspecified atom stereocenters. The molecule has 1 aliphatic rings. The number of amides is 1. The Morgan fingerprint density at radius 3 is 2.95 bits per heavy atom. The molecule has 8 nitrogen and oxygen atoms in total. The third kappa shape index (κ3) is 3.35. The second kappa shape index (κ2) is 6.32. The number of nitrogens with two attached hydrogens (primary N) is 1. The maximum Gasteiger partial charge on any atom is 0.266 e. The van der Waals surface area contributed by atoms with Crippen LogP contribution in [0.25, 0.3) is 0 Å². The predicted molar refractivity (Wildman–Crippen MR) is 72.7 cm³/mol. The number of carbonyl (C=O) groups is 1. The summed E-state index contributed by atoms with van der Waals surface area (Å²) < 4.78 is 0. The minimum absolute atomic E-state index is 0.129. The monoisotopic (exact) mass is 290 g/mol. The van der Waals surface area contributed by atoms with E-state index in [0.717, 1.165) is 17.0 Å². The molecule has 0 spiro atoms. The number of nitrogens with zero attached hydrogens (tertiary/aromatic N) is 4. The van der Waals surface area contributed by atoms with E-state index in [-0.39, 0.29) is 12.0 Å². The highest BCUT2D eigenvalue weighted by Crippen LogP contribution is 2.39. The predicted octanol–water partition coefficient (Wildman–Crippen LogP) is 1.05. The Labute approximate surface area is 122 Å². The summed E-state index contributed by atoms with van der Waals surface area (Å²) in [7, 11) is 0. The van der Waals surface area contributed by atoms with Gasteiger partial charge in [-0.3, -0.25) is 4.98 Å². The topological polar surface area (TPSA) is 133 Å². The highest BCUT2D eigenvalue weighted by Gasteiger charge is 2.37. The van der Waals surface area contributed by atoms with Crippen LogP contribution >= 0.6 is 0 Å². The second-order valence-electron chi connectivity index (χ2n) is 5.47. The average molecular weight is 290 g/mol. The minimum atomic E-state index is -1.44. The summed E-state index contributed by atoms with van der Waals surface area (Å²) in [6.07, 6.45) is 4.00. The molecule has 3 atom stereocenters. The lowest BCUT2D eigenvalue weighted by molar-refractivity contribution is -0.269. The Morgan fingerprint density at radius 1 is 1.57 bits per heavy atom.